The van der Waals surface area contributed by atoms with E-state index in [1.165, 1.54) is 14.2 Å². The Hall–Kier alpha value is -1.28. The van der Waals surface area contributed by atoms with Crippen LogP contribution in [0.5, 0.6) is 11.5 Å². The zero-order valence-corrected chi connectivity index (χ0v) is 9.67. The number of methoxy groups -OCH3 is 2. The maximum absolute atomic E-state index is 8.82. The minimum atomic E-state index is 0.227. The molecule has 0 aromatic carbocycles. The topological polar surface area (TPSA) is 55.1 Å². The molecular weight excluding hydrogens is 248 g/mol. The number of hydrogen-bond donors (Lipinski definition) is 0. The Labute approximate surface area is 90.6 Å². The molecular formula is C9H9BrN2O2. The molecule has 0 amide bonds. The maximum Gasteiger partial charge on any atom is 0.198 e. The fourth-order valence-corrected chi connectivity index (χ4v) is 1.52. The minimum Gasteiger partial charge on any atom is -0.492 e. The number of aryl methyl sites for hydroxylation is 1. The summed E-state index contributed by atoms with van der Waals surface area (Å²) >= 11 is 3.32. The van der Waals surface area contributed by atoms with Crippen molar-refractivity contribution in [2.75, 3.05) is 14.2 Å². The number of halogens is 1. The van der Waals surface area contributed by atoms with Gasteiger partial charge in [0.1, 0.15) is 6.07 Å². The van der Waals surface area contributed by atoms with E-state index in [0.29, 0.717) is 21.7 Å². The average molecular weight is 257 g/mol. The van der Waals surface area contributed by atoms with E-state index in [-0.39, 0.29) is 5.69 Å². The SMILES string of the molecule is COc1c(C#N)nc(C)c(Br)c1OC. The van der Waals surface area contributed by atoms with E-state index < -0.39 is 0 Å². The fraction of sp³-hybridized carbons (Fsp3) is 0.333. The smallest absolute Gasteiger partial charge is 0.198 e. The normalized spacial score (nSPS) is 9.36. The van der Waals surface area contributed by atoms with Crippen molar-refractivity contribution in [1.29, 1.82) is 5.26 Å². The number of aromatic nitrogens is 1. The Morgan fingerprint density at radius 2 is 1.86 bits per heavy atom. The average Bonchev–Trinajstić information content (AvgIpc) is 2.20. The van der Waals surface area contributed by atoms with E-state index in [0.717, 1.165) is 0 Å². The second kappa shape index (κ2) is 4.29. The zero-order valence-electron chi connectivity index (χ0n) is 8.09. The quantitative estimate of drug-likeness (QED) is 0.813. The van der Waals surface area contributed by atoms with E-state index in [4.69, 9.17) is 14.7 Å². The van der Waals surface area contributed by atoms with E-state index in [2.05, 4.69) is 20.9 Å². The number of nitriles is 1. The summed E-state index contributed by atoms with van der Waals surface area (Å²) < 4.78 is 10.9. The molecule has 0 aliphatic heterocycles. The molecule has 0 N–H and O–H groups in total. The minimum absolute atomic E-state index is 0.227. The molecule has 1 heterocycles. The molecule has 0 aliphatic carbocycles. The van der Waals surface area contributed by atoms with Crippen molar-refractivity contribution in [3.05, 3.63) is 15.9 Å². The van der Waals surface area contributed by atoms with Gasteiger partial charge >= 0.3 is 0 Å². The van der Waals surface area contributed by atoms with Gasteiger partial charge in [-0.1, -0.05) is 0 Å². The van der Waals surface area contributed by atoms with Crippen molar-refractivity contribution in [1.82, 2.24) is 4.98 Å². The molecule has 5 heteroatoms. The standard InChI is InChI=1S/C9H9BrN2O2/c1-5-7(10)9(14-3)8(13-2)6(4-11)12-5/h1-3H3. The third-order valence-electron chi connectivity index (χ3n) is 1.73. The summed E-state index contributed by atoms with van der Waals surface area (Å²) in [6, 6.07) is 1.95. The molecule has 14 heavy (non-hydrogen) atoms. The first-order valence-corrected chi connectivity index (χ1v) is 4.63. The molecule has 1 aromatic heterocycles. The lowest BCUT2D eigenvalue weighted by molar-refractivity contribution is 0.350. The number of rotatable bonds is 2. The lowest BCUT2D eigenvalue weighted by Gasteiger charge is -2.11. The van der Waals surface area contributed by atoms with E-state index in [1.807, 2.05) is 6.07 Å². The van der Waals surface area contributed by atoms with Gasteiger partial charge in [-0.3, -0.25) is 0 Å². The lowest BCUT2D eigenvalue weighted by Crippen LogP contribution is -1.99. The van der Waals surface area contributed by atoms with Gasteiger partial charge < -0.3 is 9.47 Å². The molecule has 0 aliphatic rings. The van der Waals surface area contributed by atoms with Crippen molar-refractivity contribution >= 4 is 15.9 Å². The second-order valence-electron chi connectivity index (χ2n) is 2.54. The highest BCUT2D eigenvalue weighted by atomic mass is 79.9. The molecule has 0 saturated heterocycles. The summed E-state index contributed by atoms with van der Waals surface area (Å²) in [6.07, 6.45) is 0. The molecule has 0 fully saturated rings. The summed E-state index contributed by atoms with van der Waals surface area (Å²) in [5.41, 5.74) is 0.921. The maximum atomic E-state index is 8.82. The van der Waals surface area contributed by atoms with Crippen LogP contribution >= 0.6 is 15.9 Å². The molecule has 0 saturated carbocycles. The highest BCUT2D eigenvalue weighted by Gasteiger charge is 2.17. The first-order valence-electron chi connectivity index (χ1n) is 3.83. The van der Waals surface area contributed by atoms with Crippen molar-refractivity contribution in [2.24, 2.45) is 0 Å². The van der Waals surface area contributed by atoms with Gasteiger partial charge in [0.15, 0.2) is 17.2 Å². The summed E-state index contributed by atoms with van der Waals surface area (Å²) in [5.74, 6) is 0.851. The van der Waals surface area contributed by atoms with Crippen molar-refractivity contribution in [2.45, 2.75) is 6.92 Å². The summed E-state index contributed by atoms with van der Waals surface area (Å²) in [5, 5.41) is 8.82. The summed E-state index contributed by atoms with van der Waals surface area (Å²) in [6.45, 7) is 1.78. The van der Waals surface area contributed by atoms with Crippen LogP contribution in [0.25, 0.3) is 0 Å². The first-order chi connectivity index (χ1) is 6.65. The Morgan fingerprint density at radius 1 is 1.29 bits per heavy atom. The first kappa shape index (κ1) is 10.8. The van der Waals surface area contributed by atoms with Crippen LogP contribution in [0.2, 0.25) is 0 Å². The second-order valence-corrected chi connectivity index (χ2v) is 3.33. The van der Waals surface area contributed by atoms with Gasteiger partial charge in [0, 0.05) is 0 Å². The van der Waals surface area contributed by atoms with E-state index in [1.54, 1.807) is 6.92 Å². The molecule has 74 valence electrons. The number of ether oxygens (including phenoxy) is 2. The van der Waals surface area contributed by atoms with Crippen LogP contribution in [0.3, 0.4) is 0 Å². The van der Waals surface area contributed by atoms with Gasteiger partial charge in [0.2, 0.25) is 0 Å². The Morgan fingerprint density at radius 3 is 2.29 bits per heavy atom. The third-order valence-corrected chi connectivity index (χ3v) is 2.67. The van der Waals surface area contributed by atoms with Crippen molar-refractivity contribution < 1.29 is 9.47 Å². The van der Waals surface area contributed by atoms with Crippen LogP contribution in [-0.4, -0.2) is 19.2 Å². The Balaban J connectivity index is 3.52. The lowest BCUT2D eigenvalue weighted by atomic mass is 10.2. The Kier molecular flexibility index (Phi) is 3.31. The predicted octanol–water partition coefficient (Wildman–Crippen LogP) is 2.04. The number of pyridine rings is 1. The summed E-state index contributed by atoms with van der Waals surface area (Å²) in [7, 11) is 2.99. The highest BCUT2D eigenvalue weighted by molar-refractivity contribution is 9.10. The van der Waals surface area contributed by atoms with Gasteiger partial charge in [-0.25, -0.2) is 4.98 Å². The molecule has 1 rings (SSSR count). The van der Waals surface area contributed by atoms with Gasteiger partial charge in [-0.15, -0.1) is 0 Å². The zero-order chi connectivity index (χ0) is 10.7. The van der Waals surface area contributed by atoms with Gasteiger partial charge in [-0.05, 0) is 22.9 Å². The molecule has 0 spiro atoms. The molecule has 0 bridgehead atoms. The van der Waals surface area contributed by atoms with E-state index in [9.17, 15) is 0 Å². The van der Waals surface area contributed by atoms with Crippen LogP contribution in [0.4, 0.5) is 0 Å². The van der Waals surface area contributed by atoms with Crippen LogP contribution in [-0.2, 0) is 0 Å². The monoisotopic (exact) mass is 256 g/mol. The van der Waals surface area contributed by atoms with Crippen LogP contribution < -0.4 is 9.47 Å². The molecule has 1 aromatic rings. The Bertz CT molecular complexity index is 399. The highest BCUT2D eigenvalue weighted by Crippen LogP contribution is 2.38. The third kappa shape index (κ3) is 1.66. The van der Waals surface area contributed by atoms with Gasteiger partial charge in [-0.2, -0.15) is 5.26 Å². The summed E-state index contributed by atoms with van der Waals surface area (Å²) in [4.78, 5) is 4.06. The van der Waals surface area contributed by atoms with Crippen LogP contribution in [0.1, 0.15) is 11.4 Å². The fourth-order valence-electron chi connectivity index (χ4n) is 1.09. The number of hydrogen-bond acceptors (Lipinski definition) is 4. The number of nitrogens with zero attached hydrogens (tertiary/aromatic N) is 2. The molecule has 0 radical (unpaired) electrons. The predicted molar refractivity (Wildman–Crippen MR) is 54.5 cm³/mol. The van der Waals surface area contributed by atoms with Crippen LogP contribution in [0, 0.1) is 18.3 Å². The van der Waals surface area contributed by atoms with Crippen molar-refractivity contribution in [3.8, 4) is 17.6 Å². The molecule has 0 unspecified atom stereocenters. The largest absolute Gasteiger partial charge is 0.492 e. The molecule has 0 atom stereocenters. The van der Waals surface area contributed by atoms with Crippen molar-refractivity contribution in [3.63, 3.8) is 0 Å². The van der Waals surface area contributed by atoms with E-state index >= 15 is 0 Å². The van der Waals surface area contributed by atoms with Gasteiger partial charge in [0.05, 0.1) is 24.4 Å². The van der Waals surface area contributed by atoms with Gasteiger partial charge in [0.25, 0.3) is 0 Å². The van der Waals surface area contributed by atoms with Crippen LogP contribution in [0.15, 0.2) is 4.47 Å². The molecule has 4 nitrogen and oxygen atoms in total.